The largest absolute Gasteiger partial charge is 0.403 e. The molecule has 2 N–H and O–H groups in total. The zero-order chi connectivity index (χ0) is 23.3. The van der Waals surface area contributed by atoms with Gasteiger partial charge in [-0.3, -0.25) is 4.79 Å². The molecule has 1 saturated heterocycles. The van der Waals surface area contributed by atoms with Gasteiger partial charge in [0.2, 0.25) is 11.8 Å². The number of benzene rings is 1. The van der Waals surface area contributed by atoms with Crippen molar-refractivity contribution in [2.24, 2.45) is 5.73 Å². The average molecular weight is 499 g/mol. The number of carbonyl (C=O) groups excluding carboxylic acids is 1. The Kier molecular flexibility index (Phi) is 6.99. The summed E-state index contributed by atoms with van der Waals surface area (Å²) in [6.45, 7) is 0.323. The highest BCUT2D eigenvalue weighted by atomic mass is 35.5. The fourth-order valence-corrected chi connectivity index (χ4v) is 4.06. The zero-order valence-electron chi connectivity index (χ0n) is 17.2. The van der Waals surface area contributed by atoms with Gasteiger partial charge in [-0.15, -0.1) is 12.4 Å². The van der Waals surface area contributed by atoms with Crippen LogP contribution in [0, 0.1) is 17.5 Å². The normalized spacial score (nSPS) is 20.5. The topological polar surface area (TPSA) is 85.3 Å². The van der Waals surface area contributed by atoms with Crippen molar-refractivity contribution in [3.05, 3.63) is 46.9 Å². The quantitative estimate of drug-likeness (QED) is 0.478. The van der Waals surface area contributed by atoms with Gasteiger partial charge in [0.1, 0.15) is 11.2 Å². The van der Waals surface area contributed by atoms with Crippen molar-refractivity contribution in [1.29, 1.82) is 0 Å². The molecule has 6 nitrogen and oxygen atoms in total. The molecule has 2 aromatic rings. The molecule has 0 bridgehead atoms. The fraction of sp³-hybridized carbons (Fsp3) is 0.550. The Hall–Kier alpha value is -2.34. The van der Waals surface area contributed by atoms with Crippen LogP contribution in [0.1, 0.15) is 55.4 Å². The maximum Gasteiger partial charge on any atom is 0.403 e. The van der Waals surface area contributed by atoms with Crippen molar-refractivity contribution in [1.82, 2.24) is 15.0 Å². The van der Waals surface area contributed by atoms with E-state index in [4.69, 9.17) is 10.3 Å². The van der Waals surface area contributed by atoms with Crippen LogP contribution in [0.2, 0.25) is 0 Å². The smallest absolute Gasteiger partial charge is 0.338 e. The summed E-state index contributed by atoms with van der Waals surface area (Å²) in [6, 6.07) is -0.430. The van der Waals surface area contributed by atoms with Crippen LogP contribution in [0.4, 0.5) is 26.3 Å². The van der Waals surface area contributed by atoms with Crippen LogP contribution < -0.4 is 5.73 Å². The summed E-state index contributed by atoms with van der Waals surface area (Å²) in [5.74, 6) is -4.44. The molecule has 4 rings (SSSR count). The van der Waals surface area contributed by atoms with Gasteiger partial charge < -0.3 is 15.2 Å². The van der Waals surface area contributed by atoms with E-state index in [1.165, 1.54) is 4.90 Å². The summed E-state index contributed by atoms with van der Waals surface area (Å²) >= 11 is 0. The fourth-order valence-electron chi connectivity index (χ4n) is 4.06. The van der Waals surface area contributed by atoms with Crippen molar-refractivity contribution in [2.45, 2.75) is 62.2 Å². The van der Waals surface area contributed by atoms with E-state index in [9.17, 15) is 31.1 Å². The van der Waals surface area contributed by atoms with E-state index in [0.717, 1.165) is 0 Å². The SMILES string of the molecule is Cl.N[C@@H](CC(=O)N1CCC[C@H]1c1noc(C2(C(F)(F)F)CC2)n1)Cc1cc(F)c(F)cc1F. The summed E-state index contributed by atoms with van der Waals surface area (Å²) < 4.78 is 85.1. The predicted molar refractivity (Wildman–Crippen MR) is 105 cm³/mol. The number of carbonyl (C=O) groups is 1. The Morgan fingerprint density at radius 3 is 2.52 bits per heavy atom. The maximum atomic E-state index is 13.8. The van der Waals surface area contributed by atoms with Gasteiger partial charge in [0.25, 0.3) is 0 Å². The van der Waals surface area contributed by atoms with E-state index < -0.39 is 52.9 Å². The molecule has 2 fully saturated rings. The second-order valence-electron chi connectivity index (χ2n) is 8.31. The first-order chi connectivity index (χ1) is 15.0. The lowest BCUT2D eigenvalue weighted by Crippen LogP contribution is -2.37. The molecule has 1 amide bonds. The van der Waals surface area contributed by atoms with Gasteiger partial charge in [-0.05, 0) is 43.7 Å². The molecule has 2 heterocycles. The number of amides is 1. The van der Waals surface area contributed by atoms with Crippen LogP contribution in [0.3, 0.4) is 0 Å². The number of nitrogens with two attached hydrogens (primary N) is 1. The first-order valence-corrected chi connectivity index (χ1v) is 10.1. The Morgan fingerprint density at radius 2 is 1.88 bits per heavy atom. The van der Waals surface area contributed by atoms with Crippen molar-refractivity contribution in [3.63, 3.8) is 0 Å². The van der Waals surface area contributed by atoms with Crippen LogP contribution in [0.25, 0.3) is 0 Å². The molecular weight excluding hydrogens is 478 g/mol. The highest BCUT2D eigenvalue weighted by molar-refractivity contribution is 5.85. The highest BCUT2D eigenvalue weighted by Crippen LogP contribution is 2.58. The molecule has 33 heavy (non-hydrogen) atoms. The molecule has 1 aromatic carbocycles. The summed E-state index contributed by atoms with van der Waals surface area (Å²) in [6.07, 6.45) is -4.15. The Labute approximate surface area is 190 Å². The average Bonchev–Trinajstić information content (AvgIpc) is 3.16. The third kappa shape index (κ3) is 4.81. The minimum Gasteiger partial charge on any atom is -0.338 e. The van der Waals surface area contributed by atoms with Gasteiger partial charge in [0, 0.05) is 25.1 Å². The number of likely N-dealkylation sites (tertiary alicyclic amines) is 1. The molecule has 182 valence electrons. The Balaban J connectivity index is 0.00000306. The molecule has 0 radical (unpaired) electrons. The Bertz CT molecular complexity index is 1030. The van der Waals surface area contributed by atoms with Gasteiger partial charge in [0.05, 0.1) is 6.04 Å². The van der Waals surface area contributed by atoms with Gasteiger partial charge >= 0.3 is 6.18 Å². The third-order valence-corrected chi connectivity index (χ3v) is 6.02. The molecule has 2 atom stereocenters. The molecule has 1 aromatic heterocycles. The number of rotatable bonds is 6. The van der Waals surface area contributed by atoms with Crippen molar-refractivity contribution < 1.29 is 35.7 Å². The van der Waals surface area contributed by atoms with E-state index in [0.29, 0.717) is 31.5 Å². The Morgan fingerprint density at radius 1 is 1.21 bits per heavy atom. The number of halogens is 7. The third-order valence-electron chi connectivity index (χ3n) is 6.02. The second kappa shape index (κ2) is 9.13. The van der Waals surface area contributed by atoms with E-state index >= 15 is 0 Å². The standard InChI is InChI=1S/C20H20F6N4O2.ClH/c21-12-9-14(23)13(22)7-10(12)6-11(27)8-16(31)30-5-1-2-15(30)17-28-18(32-29-17)19(3-4-19)20(24,25)26;/h7,9,11,15H,1-6,8,27H2;1H/t11-,15+;/m1./s1. The lowest BCUT2D eigenvalue weighted by molar-refractivity contribution is -0.166. The van der Waals surface area contributed by atoms with Crippen LogP contribution in [0.5, 0.6) is 0 Å². The number of nitrogens with zero attached hydrogens (tertiary/aromatic N) is 3. The van der Waals surface area contributed by atoms with Gasteiger partial charge in [0.15, 0.2) is 17.5 Å². The second-order valence-corrected chi connectivity index (χ2v) is 8.31. The molecule has 13 heteroatoms. The van der Waals surface area contributed by atoms with Gasteiger partial charge in [-0.1, -0.05) is 5.16 Å². The van der Waals surface area contributed by atoms with Crippen LogP contribution in [-0.2, 0) is 16.6 Å². The zero-order valence-corrected chi connectivity index (χ0v) is 18.0. The molecule has 1 aliphatic heterocycles. The summed E-state index contributed by atoms with van der Waals surface area (Å²) in [5.41, 5.74) is 3.66. The molecular formula is C20H21ClF6N4O2. The van der Waals surface area contributed by atoms with Crippen LogP contribution in [0.15, 0.2) is 16.7 Å². The van der Waals surface area contributed by atoms with Crippen LogP contribution in [-0.4, -0.2) is 39.7 Å². The minimum absolute atomic E-state index is 0. The number of alkyl halides is 3. The first-order valence-electron chi connectivity index (χ1n) is 10.1. The summed E-state index contributed by atoms with van der Waals surface area (Å²) in [7, 11) is 0. The minimum atomic E-state index is -4.50. The maximum absolute atomic E-state index is 13.8. The van der Waals surface area contributed by atoms with E-state index in [1.807, 2.05) is 0 Å². The lowest BCUT2D eigenvalue weighted by Gasteiger charge is -2.24. The van der Waals surface area contributed by atoms with Crippen molar-refractivity contribution >= 4 is 18.3 Å². The molecule has 0 spiro atoms. The molecule has 1 aliphatic carbocycles. The highest BCUT2D eigenvalue weighted by Gasteiger charge is 2.68. The number of hydrogen-bond acceptors (Lipinski definition) is 5. The van der Waals surface area contributed by atoms with Crippen molar-refractivity contribution in [2.75, 3.05) is 6.54 Å². The molecule has 0 unspecified atom stereocenters. The van der Waals surface area contributed by atoms with Gasteiger partial charge in [-0.2, -0.15) is 18.2 Å². The lowest BCUT2D eigenvalue weighted by atomic mass is 10.0. The summed E-state index contributed by atoms with van der Waals surface area (Å²) in [4.78, 5) is 18.1. The predicted octanol–water partition coefficient (Wildman–Crippen LogP) is 4.13. The van der Waals surface area contributed by atoms with E-state index in [2.05, 4.69) is 10.1 Å². The van der Waals surface area contributed by atoms with Crippen LogP contribution >= 0.6 is 12.4 Å². The number of aromatic nitrogens is 2. The first kappa shape index (κ1) is 25.3. The monoisotopic (exact) mass is 498 g/mol. The molecule has 1 saturated carbocycles. The van der Waals surface area contributed by atoms with E-state index in [1.54, 1.807) is 0 Å². The van der Waals surface area contributed by atoms with Crippen molar-refractivity contribution in [3.8, 4) is 0 Å². The molecule has 2 aliphatic rings. The summed E-state index contributed by atoms with van der Waals surface area (Å²) in [5, 5.41) is 3.69. The van der Waals surface area contributed by atoms with E-state index in [-0.39, 0.29) is 49.5 Å². The number of hydrogen-bond donors (Lipinski definition) is 1. The van der Waals surface area contributed by atoms with Gasteiger partial charge in [-0.25, -0.2) is 13.2 Å².